The van der Waals surface area contributed by atoms with E-state index in [1.54, 1.807) is 0 Å². The minimum absolute atomic E-state index is 0.00590. The highest BCUT2D eigenvalue weighted by Crippen LogP contribution is 2.16. The molecule has 2 atom stereocenters. The highest BCUT2D eigenvalue weighted by atomic mass is 16.5. The summed E-state index contributed by atoms with van der Waals surface area (Å²) in [7, 11) is 1.89. The first-order valence-corrected chi connectivity index (χ1v) is 7.79. The predicted octanol–water partition coefficient (Wildman–Crippen LogP) is 1.70. The van der Waals surface area contributed by atoms with Gasteiger partial charge in [-0.25, -0.2) is 0 Å². The van der Waals surface area contributed by atoms with Crippen molar-refractivity contribution in [3.05, 3.63) is 35.9 Å². The molecule has 1 aromatic carbocycles. The van der Waals surface area contributed by atoms with Gasteiger partial charge in [0.2, 0.25) is 5.91 Å². The zero-order valence-corrected chi connectivity index (χ0v) is 13.0. The van der Waals surface area contributed by atoms with Crippen LogP contribution >= 0.6 is 0 Å². The quantitative estimate of drug-likeness (QED) is 0.831. The van der Waals surface area contributed by atoms with Gasteiger partial charge < -0.3 is 15.0 Å². The summed E-state index contributed by atoms with van der Waals surface area (Å²) < 4.78 is 5.47. The normalized spacial score (nSPS) is 19.4. The molecule has 21 heavy (non-hydrogen) atoms. The minimum Gasteiger partial charge on any atom is -0.379 e. The molecule has 1 heterocycles. The van der Waals surface area contributed by atoms with E-state index < -0.39 is 0 Å². The molecule has 2 rings (SSSR count). The minimum atomic E-state index is 0.00590. The first-order valence-electron chi connectivity index (χ1n) is 7.79. The van der Waals surface area contributed by atoms with E-state index in [1.165, 1.54) is 5.56 Å². The van der Waals surface area contributed by atoms with Crippen molar-refractivity contribution in [1.29, 1.82) is 0 Å². The molecule has 0 radical (unpaired) electrons. The molecule has 4 nitrogen and oxygen atoms in total. The van der Waals surface area contributed by atoms with E-state index in [-0.39, 0.29) is 17.9 Å². The third kappa shape index (κ3) is 4.55. The van der Waals surface area contributed by atoms with E-state index in [4.69, 9.17) is 4.74 Å². The summed E-state index contributed by atoms with van der Waals surface area (Å²) in [5.74, 6) is 0.238. The van der Waals surface area contributed by atoms with Crippen LogP contribution in [-0.2, 0) is 16.0 Å². The lowest BCUT2D eigenvalue weighted by Crippen LogP contribution is -2.46. The average Bonchev–Trinajstić information content (AvgIpc) is 3.03. The lowest BCUT2D eigenvalue weighted by molar-refractivity contribution is -0.137. The number of nitrogens with one attached hydrogen (secondary N) is 1. The average molecular weight is 290 g/mol. The van der Waals surface area contributed by atoms with Gasteiger partial charge in [0.05, 0.1) is 12.6 Å². The zero-order chi connectivity index (χ0) is 15.1. The van der Waals surface area contributed by atoms with E-state index in [2.05, 4.69) is 17.4 Å². The summed E-state index contributed by atoms with van der Waals surface area (Å²) >= 11 is 0. The van der Waals surface area contributed by atoms with Crippen molar-refractivity contribution in [3.8, 4) is 0 Å². The van der Waals surface area contributed by atoms with E-state index in [0.717, 1.165) is 26.0 Å². The fourth-order valence-electron chi connectivity index (χ4n) is 2.81. The zero-order valence-electron chi connectivity index (χ0n) is 13.0. The van der Waals surface area contributed by atoms with Gasteiger partial charge >= 0.3 is 0 Å². The van der Waals surface area contributed by atoms with Gasteiger partial charge in [-0.2, -0.15) is 0 Å². The van der Waals surface area contributed by atoms with Crippen molar-refractivity contribution < 1.29 is 9.53 Å². The van der Waals surface area contributed by atoms with Crippen LogP contribution in [0.5, 0.6) is 0 Å². The topological polar surface area (TPSA) is 41.6 Å². The number of rotatable bonds is 7. The maximum absolute atomic E-state index is 12.7. The molecule has 1 aliphatic heterocycles. The molecule has 0 aliphatic carbocycles. The summed E-state index contributed by atoms with van der Waals surface area (Å²) in [6.45, 7) is 4.91. The first-order chi connectivity index (χ1) is 10.2. The number of carbonyl (C=O) groups excluding carboxylic acids is 1. The highest BCUT2D eigenvalue weighted by Gasteiger charge is 2.29. The Morgan fingerprint density at radius 2 is 2.19 bits per heavy atom. The van der Waals surface area contributed by atoms with Gasteiger partial charge in [0.1, 0.15) is 0 Å². The monoisotopic (exact) mass is 290 g/mol. The summed E-state index contributed by atoms with van der Waals surface area (Å²) in [6.07, 6.45) is 1.85. The number of nitrogens with zero attached hydrogens (tertiary/aromatic N) is 1. The molecular formula is C17H26N2O2. The maximum atomic E-state index is 12.7. The Bertz CT molecular complexity index is 430. The Morgan fingerprint density at radius 1 is 1.43 bits per heavy atom. The molecule has 2 unspecified atom stereocenters. The van der Waals surface area contributed by atoms with Gasteiger partial charge in [0, 0.05) is 25.6 Å². The standard InChI is InChI=1S/C17H26N2O2/c1-14(12-18-2)17(20)19(16-9-11-21-13-16)10-8-15-6-4-3-5-7-15/h3-7,14,16,18H,8-13H2,1-2H3. The van der Waals surface area contributed by atoms with Crippen LogP contribution in [0.15, 0.2) is 30.3 Å². The Morgan fingerprint density at radius 3 is 2.81 bits per heavy atom. The number of amides is 1. The molecular weight excluding hydrogens is 264 g/mol. The van der Waals surface area contributed by atoms with Crippen molar-refractivity contribution in [2.45, 2.75) is 25.8 Å². The second-order valence-corrected chi connectivity index (χ2v) is 5.74. The van der Waals surface area contributed by atoms with Crippen molar-refractivity contribution in [1.82, 2.24) is 10.2 Å². The molecule has 0 saturated carbocycles. The molecule has 0 spiro atoms. The Hall–Kier alpha value is -1.39. The van der Waals surface area contributed by atoms with Crippen molar-refractivity contribution in [2.24, 2.45) is 5.92 Å². The maximum Gasteiger partial charge on any atom is 0.227 e. The Labute approximate surface area is 127 Å². The second kappa shape index (κ2) is 8.15. The fourth-order valence-corrected chi connectivity index (χ4v) is 2.81. The highest BCUT2D eigenvalue weighted by molar-refractivity contribution is 5.79. The summed E-state index contributed by atoms with van der Waals surface area (Å²) in [5.41, 5.74) is 1.27. The molecule has 1 aromatic rings. The lowest BCUT2D eigenvalue weighted by Gasteiger charge is -2.30. The molecule has 1 fully saturated rings. The number of hydrogen-bond acceptors (Lipinski definition) is 3. The summed E-state index contributed by atoms with van der Waals surface area (Å²) in [6, 6.07) is 10.6. The van der Waals surface area contributed by atoms with Crippen LogP contribution in [0, 0.1) is 5.92 Å². The van der Waals surface area contributed by atoms with E-state index in [9.17, 15) is 4.79 Å². The lowest BCUT2D eigenvalue weighted by atomic mass is 10.1. The van der Waals surface area contributed by atoms with Gasteiger partial charge in [0.15, 0.2) is 0 Å². The number of carbonyl (C=O) groups is 1. The molecule has 0 aromatic heterocycles. The summed E-state index contributed by atoms with van der Waals surface area (Å²) in [5, 5.41) is 3.09. The van der Waals surface area contributed by atoms with E-state index >= 15 is 0 Å². The predicted molar refractivity (Wildman–Crippen MR) is 84.2 cm³/mol. The third-order valence-electron chi connectivity index (χ3n) is 4.05. The van der Waals surface area contributed by atoms with Crippen LogP contribution < -0.4 is 5.32 Å². The Balaban J connectivity index is 1.99. The molecule has 1 aliphatic rings. The largest absolute Gasteiger partial charge is 0.379 e. The van der Waals surface area contributed by atoms with Crippen LogP contribution in [0.4, 0.5) is 0 Å². The first kappa shape index (κ1) is 16.0. The van der Waals surface area contributed by atoms with Gasteiger partial charge in [0.25, 0.3) is 0 Å². The molecule has 4 heteroatoms. The molecule has 1 amide bonds. The molecule has 0 bridgehead atoms. The van der Waals surface area contributed by atoms with Crippen molar-refractivity contribution in [2.75, 3.05) is 33.4 Å². The number of ether oxygens (including phenoxy) is 1. The van der Waals surface area contributed by atoms with Crippen molar-refractivity contribution in [3.63, 3.8) is 0 Å². The van der Waals surface area contributed by atoms with Crippen LogP contribution in [0.1, 0.15) is 18.9 Å². The fraction of sp³-hybridized carbons (Fsp3) is 0.588. The third-order valence-corrected chi connectivity index (χ3v) is 4.05. The SMILES string of the molecule is CNCC(C)C(=O)N(CCc1ccccc1)C1CCOC1. The second-order valence-electron chi connectivity index (χ2n) is 5.74. The van der Waals surface area contributed by atoms with Crippen LogP contribution in [-0.4, -0.2) is 50.2 Å². The van der Waals surface area contributed by atoms with Crippen LogP contribution in [0.25, 0.3) is 0 Å². The summed E-state index contributed by atoms with van der Waals surface area (Å²) in [4.78, 5) is 14.7. The van der Waals surface area contributed by atoms with E-state index in [1.807, 2.05) is 37.1 Å². The van der Waals surface area contributed by atoms with Crippen molar-refractivity contribution >= 4 is 5.91 Å². The molecule has 116 valence electrons. The molecule has 1 N–H and O–H groups in total. The van der Waals surface area contributed by atoms with Gasteiger partial charge in [-0.05, 0) is 25.5 Å². The van der Waals surface area contributed by atoms with Crippen LogP contribution in [0.2, 0.25) is 0 Å². The number of benzene rings is 1. The molecule has 1 saturated heterocycles. The van der Waals surface area contributed by atoms with E-state index in [0.29, 0.717) is 13.2 Å². The van der Waals surface area contributed by atoms with Gasteiger partial charge in [-0.15, -0.1) is 0 Å². The van der Waals surface area contributed by atoms with Crippen LogP contribution in [0.3, 0.4) is 0 Å². The Kier molecular flexibility index (Phi) is 6.21. The van der Waals surface area contributed by atoms with Gasteiger partial charge in [-0.3, -0.25) is 4.79 Å². The number of hydrogen-bond donors (Lipinski definition) is 1. The van der Waals surface area contributed by atoms with Gasteiger partial charge in [-0.1, -0.05) is 37.3 Å². The smallest absolute Gasteiger partial charge is 0.227 e.